The van der Waals surface area contributed by atoms with E-state index in [1.807, 2.05) is 6.92 Å². The number of thiophene rings is 1. The van der Waals surface area contributed by atoms with E-state index in [1.165, 1.54) is 35.6 Å². The zero-order valence-electron chi connectivity index (χ0n) is 15.5. The molecule has 0 fully saturated rings. The number of carbonyl (C=O) groups excluding carboxylic acids is 1. The minimum absolute atomic E-state index is 0.0213. The van der Waals surface area contributed by atoms with Gasteiger partial charge in [0.05, 0.1) is 16.5 Å². The largest absolute Gasteiger partial charge is 0.462 e. The maximum Gasteiger partial charge on any atom is 0.348 e. The monoisotopic (exact) mass is 453 g/mol. The number of halogens is 2. The fraction of sp³-hybridized carbons (Fsp3) is 0.150. The highest BCUT2D eigenvalue weighted by atomic mass is 35.5. The summed E-state index contributed by atoms with van der Waals surface area (Å²) in [6.45, 7) is 3.74. The number of benzene rings is 2. The molecule has 0 unspecified atom stereocenters. The molecule has 3 aromatic rings. The Balaban J connectivity index is 2.20. The maximum absolute atomic E-state index is 13.6. The molecule has 0 bridgehead atoms. The first-order valence-corrected chi connectivity index (χ1v) is 11.3. The Bertz CT molecular complexity index is 1190. The van der Waals surface area contributed by atoms with Crippen molar-refractivity contribution in [3.8, 4) is 21.6 Å². The highest BCUT2D eigenvalue weighted by Gasteiger charge is 2.24. The van der Waals surface area contributed by atoms with E-state index in [2.05, 4.69) is 0 Å². The Morgan fingerprint density at radius 2 is 1.79 bits per heavy atom. The van der Waals surface area contributed by atoms with Crippen LogP contribution in [0.1, 0.15) is 22.2 Å². The van der Waals surface area contributed by atoms with E-state index < -0.39 is 21.8 Å². The molecule has 0 spiro atoms. The molecule has 5 nitrogen and oxygen atoms in total. The van der Waals surface area contributed by atoms with Crippen molar-refractivity contribution >= 4 is 38.9 Å². The summed E-state index contributed by atoms with van der Waals surface area (Å²) >= 11 is 7.13. The van der Waals surface area contributed by atoms with Gasteiger partial charge in [-0.05, 0) is 54.8 Å². The van der Waals surface area contributed by atoms with E-state index >= 15 is 0 Å². The first kappa shape index (κ1) is 21.4. The van der Waals surface area contributed by atoms with Gasteiger partial charge >= 0.3 is 5.97 Å². The Morgan fingerprint density at radius 3 is 2.34 bits per heavy atom. The number of carbonyl (C=O) groups is 1. The van der Waals surface area contributed by atoms with Gasteiger partial charge in [-0.1, -0.05) is 29.8 Å². The van der Waals surface area contributed by atoms with Gasteiger partial charge in [0.2, 0.25) is 10.0 Å². The molecule has 0 radical (unpaired) electrons. The van der Waals surface area contributed by atoms with Crippen molar-refractivity contribution in [2.24, 2.45) is 5.14 Å². The minimum atomic E-state index is -3.83. The van der Waals surface area contributed by atoms with E-state index in [0.717, 1.165) is 10.4 Å². The van der Waals surface area contributed by atoms with Gasteiger partial charge in [-0.3, -0.25) is 0 Å². The number of hydrogen-bond acceptors (Lipinski definition) is 5. The van der Waals surface area contributed by atoms with Gasteiger partial charge < -0.3 is 4.74 Å². The second kappa shape index (κ2) is 8.23. The summed E-state index contributed by atoms with van der Waals surface area (Å²) in [5.74, 6) is -1.03. The van der Waals surface area contributed by atoms with E-state index in [9.17, 15) is 17.6 Å². The lowest BCUT2D eigenvalue weighted by molar-refractivity contribution is 0.0533. The van der Waals surface area contributed by atoms with Gasteiger partial charge in [0.25, 0.3) is 0 Å². The molecule has 0 aliphatic rings. The third kappa shape index (κ3) is 4.35. The van der Waals surface area contributed by atoms with Crippen LogP contribution in [0, 0.1) is 12.7 Å². The first-order chi connectivity index (χ1) is 13.6. The SMILES string of the molecule is CCOC(=O)c1sc(-c2ccc(F)c(Cl)c2)c(C)c1-c1ccc(S(N)(=O)=O)cc1. The molecule has 0 saturated heterocycles. The van der Waals surface area contributed by atoms with Crippen molar-refractivity contribution in [3.63, 3.8) is 0 Å². The van der Waals surface area contributed by atoms with Crippen LogP contribution in [-0.4, -0.2) is 21.0 Å². The fourth-order valence-electron chi connectivity index (χ4n) is 2.93. The van der Waals surface area contributed by atoms with E-state index in [1.54, 1.807) is 25.1 Å². The molecule has 152 valence electrons. The third-order valence-electron chi connectivity index (χ3n) is 4.26. The summed E-state index contributed by atoms with van der Waals surface area (Å²) in [5.41, 5.74) is 2.68. The number of primary sulfonamides is 1. The van der Waals surface area contributed by atoms with Crippen LogP contribution in [0.4, 0.5) is 4.39 Å². The van der Waals surface area contributed by atoms with Crippen molar-refractivity contribution < 1.29 is 22.3 Å². The lowest BCUT2D eigenvalue weighted by atomic mass is 9.99. The standard InChI is InChI=1S/C20H17ClFNO4S2/c1-3-27-20(24)19-17(12-4-7-14(8-5-12)29(23,25)26)11(2)18(28-19)13-6-9-16(22)15(21)10-13/h4-10H,3H2,1-2H3,(H2,23,25,26). The summed E-state index contributed by atoms with van der Waals surface area (Å²) in [4.78, 5) is 13.6. The summed E-state index contributed by atoms with van der Waals surface area (Å²) in [6, 6.07) is 10.3. The Morgan fingerprint density at radius 1 is 1.17 bits per heavy atom. The van der Waals surface area contributed by atoms with Crippen molar-refractivity contribution in [3.05, 3.63) is 63.7 Å². The van der Waals surface area contributed by atoms with Gasteiger partial charge in [0.15, 0.2) is 0 Å². The fourth-order valence-corrected chi connectivity index (χ4v) is 4.84. The molecule has 0 amide bonds. The predicted octanol–water partition coefficient (Wildman–Crippen LogP) is 5.01. The molecule has 2 aromatic carbocycles. The van der Waals surface area contributed by atoms with Crippen molar-refractivity contribution in [2.75, 3.05) is 6.61 Å². The maximum atomic E-state index is 13.6. The lowest BCUT2D eigenvalue weighted by Gasteiger charge is -2.07. The van der Waals surface area contributed by atoms with Gasteiger partial charge in [0, 0.05) is 10.4 Å². The minimum Gasteiger partial charge on any atom is -0.462 e. The van der Waals surface area contributed by atoms with Crippen LogP contribution in [-0.2, 0) is 14.8 Å². The second-order valence-electron chi connectivity index (χ2n) is 6.18. The molecule has 1 heterocycles. The summed E-state index contributed by atoms with van der Waals surface area (Å²) in [5, 5.41) is 5.14. The van der Waals surface area contributed by atoms with E-state index in [4.69, 9.17) is 21.5 Å². The number of esters is 1. The normalized spacial score (nSPS) is 11.5. The van der Waals surface area contributed by atoms with E-state index in [0.29, 0.717) is 21.6 Å². The van der Waals surface area contributed by atoms with Gasteiger partial charge in [-0.2, -0.15) is 0 Å². The van der Waals surface area contributed by atoms with Crippen molar-refractivity contribution in [1.29, 1.82) is 0 Å². The first-order valence-electron chi connectivity index (χ1n) is 8.52. The molecule has 29 heavy (non-hydrogen) atoms. The Kier molecular flexibility index (Phi) is 6.09. The molecule has 0 atom stereocenters. The average Bonchev–Trinajstić information content (AvgIpc) is 3.01. The van der Waals surface area contributed by atoms with Gasteiger partial charge in [-0.15, -0.1) is 11.3 Å². The van der Waals surface area contributed by atoms with Crippen LogP contribution in [0.15, 0.2) is 47.4 Å². The highest BCUT2D eigenvalue weighted by molar-refractivity contribution is 7.89. The number of rotatable bonds is 5. The third-order valence-corrected chi connectivity index (χ3v) is 6.80. The zero-order chi connectivity index (χ0) is 21.3. The molecule has 0 aliphatic carbocycles. The van der Waals surface area contributed by atoms with Crippen LogP contribution in [0.3, 0.4) is 0 Å². The molecular weight excluding hydrogens is 437 g/mol. The molecule has 3 rings (SSSR count). The molecule has 9 heteroatoms. The topological polar surface area (TPSA) is 86.5 Å². The molecule has 0 saturated carbocycles. The summed E-state index contributed by atoms with van der Waals surface area (Å²) in [7, 11) is -3.83. The quantitative estimate of drug-likeness (QED) is 0.550. The zero-order valence-corrected chi connectivity index (χ0v) is 17.9. The van der Waals surface area contributed by atoms with Crippen LogP contribution < -0.4 is 5.14 Å². The number of hydrogen-bond donors (Lipinski definition) is 1. The molecule has 0 aliphatic heterocycles. The average molecular weight is 454 g/mol. The van der Waals surface area contributed by atoms with Crippen molar-refractivity contribution in [2.45, 2.75) is 18.7 Å². The smallest absolute Gasteiger partial charge is 0.348 e. The van der Waals surface area contributed by atoms with Gasteiger partial charge in [0.1, 0.15) is 10.7 Å². The van der Waals surface area contributed by atoms with Gasteiger partial charge in [-0.25, -0.2) is 22.7 Å². The van der Waals surface area contributed by atoms with E-state index in [-0.39, 0.29) is 16.5 Å². The summed E-state index contributed by atoms with van der Waals surface area (Å²) < 4.78 is 41.8. The lowest BCUT2D eigenvalue weighted by Crippen LogP contribution is -2.11. The van der Waals surface area contributed by atoms with Crippen LogP contribution in [0.25, 0.3) is 21.6 Å². The Hall–Kier alpha value is -2.26. The molecule has 1 aromatic heterocycles. The predicted molar refractivity (Wildman–Crippen MR) is 112 cm³/mol. The number of nitrogens with two attached hydrogens (primary N) is 1. The summed E-state index contributed by atoms with van der Waals surface area (Å²) in [6.07, 6.45) is 0. The Labute approximate surface area is 176 Å². The van der Waals surface area contributed by atoms with Crippen molar-refractivity contribution in [1.82, 2.24) is 0 Å². The number of sulfonamides is 1. The molecule has 2 N–H and O–H groups in total. The van der Waals surface area contributed by atoms with Crippen LogP contribution in [0.2, 0.25) is 5.02 Å². The molecular formula is C20H17ClFNO4S2. The number of ether oxygens (including phenoxy) is 1. The highest BCUT2D eigenvalue weighted by Crippen LogP contribution is 2.43. The second-order valence-corrected chi connectivity index (χ2v) is 9.17. The van der Waals surface area contributed by atoms with Crippen LogP contribution in [0.5, 0.6) is 0 Å². The van der Waals surface area contributed by atoms with Crippen LogP contribution >= 0.6 is 22.9 Å².